The number of benzene rings is 11. The van der Waals surface area contributed by atoms with Crippen molar-refractivity contribution in [2.45, 2.75) is 0 Å². The van der Waals surface area contributed by atoms with Crippen LogP contribution in [0.1, 0.15) is 0 Å². The molecule has 11 aromatic carbocycles. The van der Waals surface area contributed by atoms with E-state index in [9.17, 15) is 0 Å². The van der Waals surface area contributed by atoms with Crippen molar-refractivity contribution in [2.24, 2.45) is 0 Å². The van der Waals surface area contributed by atoms with Gasteiger partial charge in [0.1, 0.15) is 11.2 Å². The summed E-state index contributed by atoms with van der Waals surface area (Å²) in [7, 11) is 0. The van der Waals surface area contributed by atoms with Gasteiger partial charge in [0, 0.05) is 61.0 Å². The lowest BCUT2D eigenvalue weighted by atomic mass is 9.98. The number of fused-ring (bicyclic) bond motifs is 11. The Morgan fingerprint density at radius 1 is 0.349 bits per heavy atom. The van der Waals surface area contributed by atoms with E-state index in [1.165, 1.54) is 59.7 Å². The highest BCUT2D eigenvalue weighted by atomic mass is 16.3. The van der Waals surface area contributed by atoms with E-state index in [1.807, 2.05) is 0 Å². The number of anilines is 3. The summed E-state index contributed by atoms with van der Waals surface area (Å²) in [6.45, 7) is 0. The van der Waals surface area contributed by atoms with Gasteiger partial charge in [0.15, 0.2) is 0 Å². The van der Waals surface area contributed by atoms with Crippen LogP contribution in [-0.4, -0.2) is 4.57 Å². The molecule has 0 radical (unpaired) electrons. The third-order valence-electron chi connectivity index (χ3n) is 12.9. The molecule has 3 nitrogen and oxygen atoms in total. The van der Waals surface area contributed by atoms with Gasteiger partial charge in [-0.05, 0) is 86.8 Å². The number of furan rings is 1. The third kappa shape index (κ3) is 5.60. The van der Waals surface area contributed by atoms with Crippen molar-refractivity contribution in [3.05, 3.63) is 231 Å². The van der Waals surface area contributed by atoms with Gasteiger partial charge in [0.05, 0.1) is 16.7 Å². The smallest absolute Gasteiger partial charge is 0.143 e. The quantitative estimate of drug-likeness (QED) is 0.156. The SMILES string of the molecule is c1ccc(-c2cccc3c2oc2cc(N(c4ccc(-c5ccc6c7ccc8ccccc8c7n(-c7ccccc7)c6c5)cc4)c4cc5ccccc5c5ccccc45)ccc23)cc1. The normalized spacial score (nSPS) is 11.8. The van der Waals surface area contributed by atoms with E-state index in [0.717, 1.165) is 61.4 Å². The molecule has 0 saturated heterocycles. The Morgan fingerprint density at radius 2 is 0.984 bits per heavy atom. The van der Waals surface area contributed by atoms with Crippen molar-refractivity contribution in [2.75, 3.05) is 4.90 Å². The topological polar surface area (TPSA) is 21.3 Å². The molecule has 0 aliphatic carbocycles. The molecule has 0 fully saturated rings. The maximum absolute atomic E-state index is 6.83. The van der Waals surface area contributed by atoms with Crippen molar-refractivity contribution in [1.29, 1.82) is 0 Å². The van der Waals surface area contributed by atoms with Gasteiger partial charge in [-0.15, -0.1) is 0 Å². The van der Waals surface area contributed by atoms with Crippen LogP contribution in [0.4, 0.5) is 17.1 Å². The first-order valence-electron chi connectivity index (χ1n) is 21.6. The summed E-state index contributed by atoms with van der Waals surface area (Å²) in [5, 5.41) is 12.0. The summed E-state index contributed by atoms with van der Waals surface area (Å²) < 4.78 is 9.27. The Labute approximate surface area is 363 Å². The maximum Gasteiger partial charge on any atom is 0.143 e. The first-order valence-corrected chi connectivity index (χ1v) is 21.6. The number of rotatable bonds is 6. The highest BCUT2D eigenvalue weighted by Gasteiger charge is 2.21. The minimum Gasteiger partial charge on any atom is -0.455 e. The van der Waals surface area contributed by atoms with Crippen LogP contribution in [0.15, 0.2) is 235 Å². The molecular formula is C60H38N2O. The Balaban J connectivity index is 0.991. The molecule has 294 valence electrons. The Kier molecular flexibility index (Phi) is 7.91. The van der Waals surface area contributed by atoms with Gasteiger partial charge in [0.2, 0.25) is 0 Å². The zero-order valence-corrected chi connectivity index (χ0v) is 34.2. The van der Waals surface area contributed by atoms with E-state index in [1.54, 1.807) is 0 Å². The molecule has 0 aliphatic heterocycles. The molecule has 0 unspecified atom stereocenters. The van der Waals surface area contributed by atoms with E-state index in [0.29, 0.717) is 0 Å². The second-order valence-electron chi connectivity index (χ2n) is 16.5. The molecule has 0 amide bonds. The average Bonchev–Trinajstić information content (AvgIpc) is 3.90. The number of hydrogen-bond acceptors (Lipinski definition) is 2. The molecule has 0 N–H and O–H groups in total. The third-order valence-corrected chi connectivity index (χ3v) is 12.9. The largest absolute Gasteiger partial charge is 0.455 e. The second-order valence-corrected chi connectivity index (χ2v) is 16.5. The lowest BCUT2D eigenvalue weighted by Gasteiger charge is -2.27. The number of para-hydroxylation sites is 2. The van der Waals surface area contributed by atoms with Gasteiger partial charge >= 0.3 is 0 Å². The minimum atomic E-state index is 0.854. The number of nitrogens with zero attached hydrogens (tertiary/aromatic N) is 2. The van der Waals surface area contributed by atoms with Crippen LogP contribution in [0.2, 0.25) is 0 Å². The van der Waals surface area contributed by atoms with Crippen LogP contribution in [0.25, 0.3) is 104 Å². The predicted octanol–water partition coefficient (Wildman–Crippen LogP) is 16.9. The monoisotopic (exact) mass is 802 g/mol. The van der Waals surface area contributed by atoms with Gasteiger partial charge in [-0.2, -0.15) is 0 Å². The fraction of sp³-hybridized carbons (Fsp3) is 0. The average molecular weight is 803 g/mol. The summed E-state index contributed by atoms with van der Waals surface area (Å²) in [6, 6.07) is 83.4. The molecule has 0 bridgehead atoms. The van der Waals surface area contributed by atoms with Crippen LogP contribution >= 0.6 is 0 Å². The summed E-state index contributed by atoms with van der Waals surface area (Å²) in [4.78, 5) is 2.39. The zero-order chi connectivity index (χ0) is 41.4. The first-order chi connectivity index (χ1) is 31.2. The molecule has 3 heteroatoms. The fourth-order valence-corrected chi connectivity index (χ4v) is 10.0. The van der Waals surface area contributed by atoms with Gasteiger partial charge in [0.25, 0.3) is 0 Å². The minimum absolute atomic E-state index is 0.854. The van der Waals surface area contributed by atoms with Crippen molar-refractivity contribution in [3.63, 3.8) is 0 Å². The lowest BCUT2D eigenvalue weighted by molar-refractivity contribution is 0.670. The van der Waals surface area contributed by atoms with E-state index < -0.39 is 0 Å². The fourth-order valence-electron chi connectivity index (χ4n) is 10.0. The van der Waals surface area contributed by atoms with Crippen LogP contribution in [0, 0.1) is 0 Å². The summed E-state index contributed by atoms with van der Waals surface area (Å²) in [6.07, 6.45) is 0. The lowest BCUT2D eigenvalue weighted by Crippen LogP contribution is -2.10. The molecule has 0 aliphatic rings. The molecule has 2 aromatic heterocycles. The maximum atomic E-state index is 6.83. The van der Waals surface area contributed by atoms with E-state index in [2.05, 4.69) is 240 Å². The summed E-state index contributed by atoms with van der Waals surface area (Å²) >= 11 is 0. The van der Waals surface area contributed by atoms with Gasteiger partial charge in [-0.3, -0.25) is 0 Å². The van der Waals surface area contributed by atoms with Crippen molar-refractivity contribution in [1.82, 2.24) is 4.57 Å². The van der Waals surface area contributed by atoms with Crippen LogP contribution < -0.4 is 4.90 Å². The van der Waals surface area contributed by atoms with Gasteiger partial charge < -0.3 is 13.9 Å². The van der Waals surface area contributed by atoms with Gasteiger partial charge in [-0.25, -0.2) is 0 Å². The van der Waals surface area contributed by atoms with E-state index in [4.69, 9.17) is 4.42 Å². The van der Waals surface area contributed by atoms with Crippen molar-refractivity contribution >= 4 is 93.1 Å². The Bertz CT molecular complexity index is 3900. The Hall–Kier alpha value is -8.40. The molecule has 63 heavy (non-hydrogen) atoms. The first kappa shape index (κ1) is 35.4. The summed E-state index contributed by atoms with van der Waals surface area (Å²) in [5.74, 6) is 0. The molecule has 2 heterocycles. The second kappa shape index (κ2) is 14.1. The van der Waals surface area contributed by atoms with Crippen molar-refractivity contribution < 1.29 is 4.42 Å². The zero-order valence-electron chi connectivity index (χ0n) is 34.2. The molecule has 13 aromatic rings. The number of aromatic nitrogens is 1. The molecule has 0 atom stereocenters. The molecular weight excluding hydrogens is 765 g/mol. The van der Waals surface area contributed by atoms with Crippen LogP contribution in [0.3, 0.4) is 0 Å². The standard InChI is InChI=1S/C60H38N2O/c1-3-14-40(15-4-1)49-24-13-25-55-53-35-32-46(38-58(53)63-60(49)55)61(56-37-43-17-8-9-20-47(43)50-22-11-12-23-51(50)56)45-30-26-39(27-31-45)42-29-33-52-54-34-28-41-16-7-10-21-48(41)59(54)62(57(52)36-42)44-18-5-2-6-19-44/h1-38H. The summed E-state index contributed by atoms with van der Waals surface area (Å²) in [5.41, 5.74) is 13.1. The molecule has 0 spiro atoms. The van der Waals surface area contributed by atoms with Crippen LogP contribution in [-0.2, 0) is 0 Å². The van der Waals surface area contributed by atoms with Gasteiger partial charge in [-0.1, -0.05) is 176 Å². The highest BCUT2D eigenvalue weighted by Crippen LogP contribution is 2.45. The van der Waals surface area contributed by atoms with E-state index in [-0.39, 0.29) is 0 Å². The van der Waals surface area contributed by atoms with E-state index >= 15 is 0 Å². The number of hydrogen-bond donors (Lipinski definition) is 0. The molecule has 0 saturated carbocycles. The van der Waals surface area contributed by atoms with Crippen molar-refractivity contribution in [3.8, 4) is 27.9 Å². The predicted molar refractivity (Wildman–Crippen MR) is 266 cm³/mol. The van der Waals surface area contributed by atoms with Crippen LogP contribution in [0.5, 0.6) is 0 Å². The molecule has 13 rings (SSSR count). The highest BCUT2D eigenvalue weighted by molar-refractivity contribution is 6.19. The Morgan fingerprint density at radius 3 is 1.81 bits per heavy atom.